The number of benzene rings is 1. The lowest BCUT2D eigenvalue weighted by molar-refractivity contribution is -0.124. The van der Waals surface area contributed by atoms with Crippen molar-refractivity contribution >= 4 is 21.9 Å². The minimum absolute atomic E-state index is 0.191. The maximum Gasteiger partial charge on any atom is 0.374 e. The number of furan rings is 1. The predicted molar refractivity (Wildman–Crippen MR) is 85.2 cm³/mol. The number of esters is 1. The zero-order valence-corrected chi connectivity index (χ0v) is 14.0. The quantitative estimate of drug-likeness (QED) is 0.675. The van der Waals surface area contributed by atoms with Crippen molar-refractivity contribution in [3.05, 3.63) is 47.7 Å². The highest BCUT2D eigenvalue weighted by Crippen LogP contribution is 2.16. The van der Waals surface area contributed by atoms with Crippen molar-refractivity contribution in [1.29, 1.82) is 0 Å². The molecule has 9 nitrogen and oxygen atoms in total. The molecule has 0 fully saturated rings. The van der Waals surface area contributed by atoms with E-state index in [-0.39, 0.29) is 12.3 Å². The second-order valence-electron chi connectivity index (χ2n) is 4.83. The number of hydrogen-bond donors (Lipinski definition) is 2. The number of carbonyl (C=O) groups is 2. The molecule has 1 amide bonds. The molecule has 0 atom stereocenters. The van der Waals surface area contributed by atoms with Crippen molar-refractivity contribution in [2.45, 2.75) is 11.6 Å². The Kier molecular flexibility index (Phi) is 5.78. The summed E-state index contributed by atoms with van der Waals surface area (Å²) >= 11 is 0. The molecule has 0 saturated carbocycles. The van der Waals surface area contributed by atoms with Gasteiger partial charge < -0.3 is 19.2 Å². The first-order valence-electron chi connectivity index (χ1n) is 6.99. The van der Waals surface area contributed by atoms with Crippen LogP contribution in [0.5, 0.6) is 5.75 Å². The monoisotopic (exact) mass is 368 g/mol. The lowest BCUT2D eigenvalue weighted by atomic mass is 10.2. The Morgan fingerprint density at radius 3 is 2.56 bits per heavy atom. The summed E-state index contributed by atoms with van der Waals surface area (Å²) in [6.45, 7) is -0.365. The van der Waals surface area contributed by atoms with Gasteiger partial charge in [0.15, 0.2) is 6.61 Å². The van der Waals surface area contributed by atoms with Crippen molar-refractivity contribution in [3.63, 3.8) is 0 Å². The highest BCUT2D eigenvalue weighted by atomic mass is 32.2. The van der Waals surface area contributed by atoms with Gasteiger partial charge in [-0.25, -0.2) is 18.4 Å². The second-order valence-corrected chi connectivity index (χ2v) is 6.32. The molecule has 3 N–H and O–H groups in total. The zero-order chi connectivity index (χ0) is 18.4. The fourth-order valence-electron chi connectivity index (χ4n) is 1.88. The van der Waals surface area contributed by atoms with Crippen molar-refractivity contribution < 1.29 is 31.9 Å². The van der Waals surface area contributed by atoms with Crippen LogP contribution in [-0.4, -0.2) is 34.0 Å². The van der Waals surface area contributed by atoms with Gasteiger partial charge in [0.2, 0.25) is 10.9 Å². The third-order valence-corrected chi connectivity index (χ3v) is 3.85. The SMILES string of the molecule is COc1ccccc1CNC(=O)COC(=O)c1ccc(S(N)(=O)=O)o1. The Labute approximate surface area is 143 Å². The molecule has 0 spiro atoms. The van der Waals surface area contributed by atoms with Gasteiger partial charge in [0.1, 0.15) is 5.75 Å². The normalized spacial score (nSPS) is 11.0. The van der Waals surface area contributed by atoms with E-state index in [2.05, 4.69) is 5.32 Å². The van der Waals surface area contributed by atoms with Gasteiger partial charge in [0.05, 0.1) is 7.11 Å². The number of nitrogens with two attached hydrogens (primary N) is 1. The molecule has 10 heteroatoms. The van der Waals surface area contributed by atoms with E-state index in [0.29, 0.717) is 5.75 Å². The number of rotatable bonds is 7. The molecular formula is C15H16N2O7S. The van der Waals surface area contributed by atoms with Crippen molar-refractivity contribution in [1.82, 2.24) is 5.32 Å². The first kappa shape index (κ1) is 18.5. The molecular weight excluding hydrogens is 352 g/mol. The standard InChI is InChI=1S/C15H16N2O7S/c1-22-11-5-3-2-4-10(11)8-17-13(18)9-23-15(19)12-6-7-14(24-12)25(16,20)21/h2-7H,8-9H2,1H3,(H,17,18)(H2,16,20,21). The van der Waals surface area contributed by atoms with Crippen LogP contribution in [0.3, 0.4) is 0 Å². The maximum atomic E-state index is 11.7. The fraction of sp³-hybridized carbons (Fsp3) is 0.200. The summed E-state index contributed by atoms with van der Waals surface area (Å²) in [6, 6.07) is 9.24. The number of ether oxygens (including phenoxy) is 2. The van der Waals surface area contributed by atoms with Crippen LogP contribution >= 0.6 is 0 Å². The summed E-state index contributed by atoms with van der Waals surface area (Å²) in [6.07, 6.45) is 0. The molecule has 0 saturated heterocycles. The number of sulfonamides is 1. The summed E-state index contributed by atoms with van der Waals surface area (Å²) < 4.78 is 36.8. The molecule has 2 rings (SSSR count). The van der Waals surface area contributed by atoms with E-state index in [1.54, 1.807) is 24.3 Å². The second kappa shape index (κ2) is 7.81. The molecule has 2 aromatic rings. The smallest absolute Gasteiger partial charge is 0.374 e. The first-order chi connectivity index (χ1) is 11.8. The van der Waals surface area contributed by atoms with Gasteiger partial charge in [-0.05, 0) is 18.2 Å². The topological polar surface area (TPSA) is 138 Å². The van der Waals surface area contributed by atoms with Crippen molar-refractivity contribution in [3.8, 4) is 5.75 Å². The first-order valence-corrected chi connectivity index (χ1v) is 8.54. The van der Waals surface area contributed by atoms with Gasteiger partial charge in [0, 0.05) is 12.1 Å². The molecule has 1 heterocycles. The van der Waals surface area contributed by atoms with Gasteiger partial charge >= 0.3 is 5.97 Å². The highest BCUT2D eigenvalue weighted by molar-refractivity contribution is 7.89. The third kappa shape index (κ3) is 5.06. The molecule has 1 aromatic heterocycles. The van der Waals surface area contributed by atoms with Crippen LogP contribution in [0.2, 0.25) is 0 Å². The summed E-state index contributed by atoms with van der Waals surface area (Å²) in [5, 5.41) is 6.86. The van der Waals surface area contributed by atoms with Gasteiger partial charge in [-0.2, -0.15) is 0 Å². The van der Waals surface area contributed by atoms with Crippen molar-refractivity contribution in [2.24, 2.45) is 5.14 Å². The minimum Gasteiger partial charge on any atom is -0.496 e. The summed E-state index contributed by atoms with van der Waals surface area (Å²) in [5.41, 5.74) is 0.758. The Morgan fingerprint density at radius 1 is 1.20 bits per heavy atom. The Balaban J connectivity index is 1.85. The average molecular weight is 368 g/mol. The summed E-state index contributed by atoms with van der Waals surface area (Å²) in [7, 11) is -2.54. The third-order valence-electron chi connectivity index (χ3n) is 3.07. The van der Waals surface area contributed by atoms with E-state index >= 15 is 0 Å². The minimum atomic E-state index is -4.06. The molecule has 0 bridgehead atoms. The van der Waals surface area contributed by atoms with E-state index in [1.165, 1.54) is 7.11 Å². The Hall–Kier alpha value is -2.85. The molecule has 25 heavy (non-hydrogen) atoms. The summed E-state index contributed by atoms with van der Waals surface area (Å²) in [5.74, 6) is -1.28. The van der Waals surface area contributed by atoms with E-state index in [1.807, 2.05) is 0 Å². The molecule has 0 aliphatic heterocycles. The van der Waals surface area contributed by atoms with Gasteiger partial charge in [-0.15, -0.1) is 0 Å². The zero-order valence-electron chi connectivity index (χ0n) is 13.2. The van der Waals surface area contributed by atoms with Crippen LogP contribution in [-0.2, 0) is 26.1 Å². The van der Waals surface area contributed by atoms with E-state index in [4.69, 9.17) is 19.0 Å². The molecule has 134 valence electrons. The number of amides is 1. The molecule has 0 unspecified atom stereocenters. The number of nitrogens with one attached hydrogen (secondary N) is 1. The van der Waals surface area contributed by atoms with Gasteiger partial charge in [-0.3, -0.25) is 4.79 Å². The van der Waals surface area contributed by atoms with E-state index < -0.39 is 33.6 Å². The fourth-order valence-corrected chi connectivity index (χ4v) is 2.34. The van der Waals surface area contributed by atoms with Crippen LogP contribution in [0.25, 0.3) is 0 Å². The largest absolute Gasteiger partial charge is 0.496 e. The number of primary sulfonamides is 1. The maximum absolute atomic E-state index is 11.7. The highest BCUT2D eigenvalue weighted by Gasteiger charge is 2.19. The molecule has 0 aliphatic rings. The summed E-state index contributed by atoms with van der Waals surface area (Å²) in [4.78, 5) is 23.5. The van der Waals surface area contributed by atoms with Crippen LogP contribution in [0.4, 0.5) is 0 Å². The Bertz CT molecular complexity index is 874. The average Bonchev–Trinajstić information content (AvgIpc) is 3.08. The van der Waals surface area contributed by atoms with Crippen molar-refractivity contribution in [2.75, 3.05) is 13.7 Å². The number of carbonyl (C=O) groups excluding carboxylic acids is 2. The molecule has 1 aromatic carbocycles. The van der Waals surface area contributed by atoms with E-state index in [9.17, 15) is 18.0 Å². The lowest BCUT2D eigenvalue weighted by Crippen LogP contribution is -2.28. The van der Waals surface area contributed by atoms with E-state index in [0.717, 1.165) is 17.7 Å². The van der Waals surface area contributed by atoms with Gasteiger partial charge in [0.25, 0.3) is 15.9 Å². The number of methoxy groups -OCH3 is 1. The van der Waals surface area contributed by atoms with Crippen LogP contribution < -0.4 is 15.2 Å². The van der Waals surface area contributed by atoms with Crippen LogP contribution in [0.1, 0.15) is 16.1 Å². The molecule has 0 aliphatic carbocycles. The lowest BCUT2D eigenvalue weighted by Gasteiger charge is -2.09. The number of para-hydroxylation sites is 1. The Morgan fingerprint density at radius 2 is 1.92 bits per heavy atom. The van der Waals surface area contributed by atoms with Gasteiger partial charge in [-0.1, -0.05) is 18.2 Å². The van der Waals surface area contributed by atoms with Crippen LogP contribution in [0, 0.1) is 0 Å². The van der Waals surface area contributed by atoms with Crippen LogP contribution in [0.15, 0.2) is 45.9 Å². The predicted octanol–water partition coefficient (Wildman–Crippen LogP) is 0.409. The molecule has 0 radical (unpaired) electrons. The number of hydrogen-bond acceptors (Lipinski definition) is 7.